The van der Waals surface area contributed by atoms with E-state index in [-0.39, 0.29) is 29.1 Å². The Balaban J connectivity index is 1.64. The lowest BCUT2D eigenvalue weighted by Gasteiger charge is -2.12. The summed E-state index contributed by atoms with van der Waals surface area (Å²) in [6.45, 7) is 0. The number of rotatable bonds is 5. The van der Waals surface area contributed by atoms with Gasteiger partial charge in [-0.05, 0) is 30.7 Å². The van der Waals surface area contributed by atoms with Crippen molar-refractivity contribution in [3.05, 3.63) is 48.3 Å². The van der Waals surface area contributed by atoms with Gasteiger partial charge in [-0.2, -0.15) is 0 Å². The number of aromatic nitrogens is 1. The summed E-state index contributed by atoms with van der Waals surface area (Å²) < 4.78 is 28.2. The molecule has 1 unspecified atom stereocenters. The number of hydrogen-bond acceptors (Lipinski definition) is 6. The number of methoxy groups -OCH3 is 1. The summed E-state index contributed by atoms with van der Waals surface area (Å²) in [6.07, 6.45) is 2.11. The molecule has 132 valence electrons. The van der Waals surface area contributed by atoms with Crippen LogP contribution in [0.3, 0.4) is 0 Å². The van der Waals surface area contributed by atoms with Gasteiger partial charge in [-0.3, -0.25) is 4.79 Å². The van der Waals surface area contributed by atoms with Crippen LogP contribution in [-0.2, 0) is 9.84 Å². The molecule has 1 saturated heterocycles. The van der Waals surface area contributed by atoms with Gasteiger partial charge in [0.2, 0.25) is 0 Å². The van der Waals surface area contributed by atoms with Gasteiger partial charge < -0.3 is 15.4 Å². The van der Waals surface area contributed by atoms with Crippen LogP contribution in [0.4, 0.5) is 11.4 Å². The average Bonchev–Trinajstić information content (AvgIpc) is 2.94. The van der Waals surface area contributed by atoms with Crippen LogP contribution in [0.5, 0.6) is 5.75 Å². The van der Waals surface area contributed by atoms with Crippen LogP contribution in [0, 0.1) is 0 Å². The molecule has 2 heterocycles. The predicted molar refractivity (Wildman–Crippen MR) is 95.9 cm³/mol. The Morgan fingerprint density at radius 2 is 2.04 bits per heavy atom. The van der Waals surface area contributed by atoms with Crippen LogP contribution in [0.25, 0.3) is 0 Å². The van der Waals surface area contributed by atoms with Crippen LogP contribution < -0.4 is 15.4 Å². The van der Waals surface area contributed by atoms with Crippen LogP contribution in [0.1, 0.15) is 16.9 Å². The molecule has 1 atom stereocenters. The zero-order chi connectivity index (χ0) is 17.9. The number of nitrogens with zero attached hydrogens (tertiary/aromatic N) is 1. The molecule has 0 bridgehead atoms. The summed E-state index contributed by atoms with van der Waals surface area (Å²) in [7, 11) is -1.40. The van der Waals surface area contributed by atoms with Crippen LogP contribution in [0.15, 0.2) is 42.6 Å². The van der Waals surface area contributed by atoms with Crippen molar-refractivity contribution in [3.8, 4) is 5.75 Å². The Hall–Kier alpha value is -2.61. The van der Waals surface area contributed by atoms with E-state index in [4.69, 9.17) is 4.74 Å². The Morgan fingerprint density at radius 3 is 2.68 bits per heavy atom. The molecule has 0 spiro atoms. The first-order valence-corrected chi connectivity index (χ1v) is 9.66. The highest BCUT2D eigenvalue weighted by Crippen LogP contribution is 2.23. The Morgan fingerprint density at radius 1 is 1.24 bits per heavy atom. The molecule has 25 heavy (non-hydrogen) atoms. The molecule has 2 N–H and O–H groups in total. The van der Waals surface area contributed by atoms with E-state index >= 15 is 0 Å². The molecule has 0 radical (unpaired) electrons. The molecule has 8 heteroatoms. The average molecular weight is 361 g/mol. The number of hydrogen-bond donors (Lipinski definition) is 2. The summed E-state index contributed by atoms with van der Waals surface area (Å²) in [5.41, 5.74) is 1.52. The van der Waals surface area contributed by atoms with E-state index < -0.39 is 9.84 Å². The standard InChI is InChI=1S/C17H19N3O4S/c1-24-16-5-3-2-4-14(16)20-17(21)15-7-6-12(10-18-15)19-13-8-9-25(22,23)11-13/h2-7,10,13,19H,8-9,11H2,1H3,(H,20,21). The number of benzene rings is 1. The van der Waals surface area contributed by atoms with Crippen molar-refractivity contribution in [2.45, 2.75) is 12.5 Å². The van der Waals surface area contributed by atoms with Crippen LogP contribution >= 0.6 is 0 Å². The summed E-state index contributed by atoms with van der Waals surface area (Å²) in [5, 5.41) is 5.89. The summed E-state index contributed by atoms with van der Waals surface area (Å²) in [5.74, 6) is 0.552. The Bertz CT molecular complexity index is 866. The number of sulfone groups is 1. The monoisotopic (exact) mass is 361 g/mol. The molecule has 1 fully saturated rings. The number of pyridine rings is 1. The number of nitrogens with one attached hydrogen (secondary N) is 2. The summed E-state index contributed by atoms with van der Waals surface area (Å²) in [4.78, 5) is 16.4. The molecule has 0 aliphatic carbocycles. The van der Waals surface area contributed by atoms with Crippen LogP contribution in [-0.4, -0.2) is 44.0 Å². The smallest absolute Gasteiger partial charge is 0.274 e. The molecule has 1 aliphatic heterocycles. The molecule has 3 rings (SSSR count). The van der Waals surface area contributed by atoms with Gasteiger partial charge in [-0.15, -0.1) is 0 Å². The molecule has 1 amide bonds. The largest absolute Gasteiger partial charge is 0.495 e. The summed E-state index contributed by atoms with van der Waals surface area (Å²) >= 11 is 0. The van der Waals surface area contributed by atoms with E-state index in [1.165, 1.54) is 13.3 Å². The highest BCUT2D eigenvalue weighted by atomic mass is 32.2. The number of carbonyl (C=O) groups excluding carboxylic acids is 1. The van der Waals surface area contributed by atoms with Gasteiger partial charge in [0.1, 0.15) is 11.4 Å². The molecule has 2 aromatic rings. The SMILES string of the molecule is COc1ccccc1NC(=O)c1ccc(NC2CCS(=O)(=O)C2)cn1. The Labute approximate surface area is 146 Å². The normalized spacial score (nSPS) is 18.5. The predicted octanol–water partition coefficient (Wildman–Crippen LogP) is 1.94. The lowest BCUT2D eigenvalue weighted by atomic mass is 10.2. The molecule has 1 aromatic heterocycles. The molecule has 0 saturated carbocycles. The van der Waals surface area contributed by atoms with Crippen molar-refractivity contribution < 1.29 is 17.9 Å². The first-order chi connectivity index (χ1) is 12.0. The van der Waals surface area contributed by atoms with Crippen molar-refractivity contribution in [3.63, 3.8) is 0 Å². The van der Waals surface area contributed by atoms with E-state index in [1.807, 2.05) is 6.07 Å². The van der Waals surface area contributed by atoms with E-state index in [9.17, 15) is 13.2 Å². The maximum atomic E-state index is 12.3. The highest BCUT2D eigenvalue weighted by molar-refractivity contribution is 7.91. The van der Waals surface area contributed by atoms with Gasteiger partial charge in [0.15, 0.2) is 9.84 Å². The van der Waals surface area contributed by atoms with Crippen molar-refractivity contribution in [2.75, 3.05) is 29.2 Å². The van der Waals surface area contributed by atoms with E-state index in [2.05, 4.69) is 15.6 Å². The molecule has 7 nitrogen and oxygen atoms in total. The van der Waals surface area contributed by atoms with Crippen molar-refractivity contribution in [2.24, 2.45) is 0 Å². The van der Waals surface area contributed by atoms with Crippen molar-refractivity contribution in [1.29, 1.82) is 0 Å². The fourth-order valence-electron chi connectivity index (χ4n) is 2.69. The van der Waals surface area contributed by atoms with Gasteiger partial charge in [0, 0.05) is 6.04 Å². The van der Waals surface area contributed by atoms with Gasteiger partial charge in [0.05, 0.1) is 36.2 Å². The molecular formula is C17H19N3O4S. The quantitative estimate of drug-likeness (QED) is 0.845. The fraction of sp³-hybridized carbons (Fsp3) is 0.294. The van der Waals surface area contributed by atoms with Gasteiger partial charge in [0.25, 0.3) is 5.91 Å². The number of amides is 1. The second-order valence-electron chi connectivity index (χ2n) is 5.83. The third kappa shape index (κ3) is 4.27. The second kappa shape index (κ2) is 7.10. The lowest BCUT2D eigenvalue weighted by molar-refractivity contribution is 0.102. The number of ether oxygens (including phenoxy) is 1. The third-order valence-corrected chi connectivity index (χ3v) is 5.72. The van der Waals surface area contributed by atoms with Crippen LogP contribution in [0.2, 0.25) is 0 Å². The first-order valence-electron chi connectivity index (χ1n) is 7.84. The topological polar surface area (TPSA) is 97.4 Å². The summed E-state index contributed by atoms with van der Waals surface area (Å²) in [6, 6.07) is 10.3. The fourth-order valence-corrected chi connectivity index (χ4v) is 4.37. The molecule has 1 aromatic carbocycles. The highest BCUT2D eigenvalue weighted by Gasteiger charge is 2.27. The van der Waals surface area contributed by atoms with Crippen molar-refractivity contribution in [1.82, 2.24) is 4.98 Å². The maximum Gasteiger partial charge on any atom is 0.274 e. The minimum absolute atomic E-state index is 0.111. The Kier molecular flexibility index (Phi) is 4.89. The van der Waals surface area contributed by atoms with E-state index in [0.717, 1.165) is 0 Å². The van der Waals surface area contributed by atoms with Gasteiger partial charge >= 0.3 is 0 Å². The van der Waals surface area contributed by atoms with E-state index in [0.29, 0.717) is 23.5 Å². The minimum atomic E-state index is -2.94. The number of anilines is 2. The minimum Gasteiger partial charge on any atom is -0.495 e. The zero-order valence-electron chi connectivity index (χ0n) is 13.7. The van der Waals surface area contributed by atoms with Gasteiger partial charge in [-0.25, -0.2) is 13.4 Å². The first kappa shape index (κ1) is 17.2. The van der Waals surface area contributed by atoms with E-state index in [1.54, 1.807) is 30.3 Å². The maximum absolute atomic E-state index is 12.3. The third-order valence-electron chi connectivity index (χ3n) is 3.95. The zero-order valence-corrected chi connectivity index (χ0v) is 14.5. The van der Waals surface area contributed by atoms with Gasteiger partial charge in [-0.1, -0.05) is 12.1 Å². The number of para-hydroxylation sites is 2. The molecular weight excluding hydrogens is 342 g/mol. The second-order valence-corrected chi connectivity index (χ2v) is 8.06. The lowest BCUT2D eigenvalue weighted by Crippen LogP contribution is -2.21. The number of carbonyl (C=O) groups is 1. The van der Waals surface area contributed by atoms with Crippen molar-refractivity contribution >= 4 is 27.1 Å². The molecule has 1 aliphatic rings.